The Bertz CT molecular complexity index is 551. The minimum Gasteiger partial charge on any atom is -0.496 e. The number of para-hydroxylation sites is 1. The van der Waals surface area contributed by atoms with Crippen molar-refractivity contribution in [3.05, 3.63) is 35.5 Å². The number of hydrogen-bond acceptors (Lipinski definition) is 3. The average Bonchev–Trinajstić information content (AvgIpc) is 2.38. The Kier molecular flexibility index (Phi) is 3.82. The molecule has 0 saturated carbocycles. The van der Waals surface area contributed by atoms with Crippen LogP contribution in [0.3, 0.4) is 0 Å². The highest BCUT2D eigenvalue weighted by Gasteiger charge is 2.10. The molecule has 0 spiro atoms. The zero-order chi connectivity index (χ0) is 13.1. The van der Waals surface area contributed by atoms with E-state index in [0.717, 1.165) is 28.8 Å². The van der Waals surface area contributed by atoms with Crippen LogP contribution in [0.15, 0.2) is 24.3 Å². The Morgan fingerprint density at radius 1 is 1.39 bits per heavy atom. The second kappa shape index (κ2) is 5.36. The molecule has 2 N–H and O–H groups in total. The molecule has 0 amide bonds. The number of hydrogen-bond donors (Lipinski definition) is 1. The van der Waals surface area contributed by atoms with Crippen molar-refractivity contribution in [2.45, 2.75) is 20.3 Å². The van der Waals surface area contributed by atoms with Gasteiger partial charge in [0.2, 0.25) is 0 Å². The number of nitrogens with two attached hydrogens (primary N) is 1. The van der Waals surface area contributed by atoms with E-state index in [2.05, 4.69) is 30.1 Å². The van der Waals surface area contributed by atoms with Gasteiger partial charge in [-0.2, -0.15) is 0 Å². The van der Waals surface area contributed by atoms with E-state index in [1.807, 2.05) is 13.0 Å². The first kappa shape index (κ1) is 12.8. The van der Waals surface area contributed by atoms with Gasteiger partial charge in [0.15, 0.2) is 0 Å². The maximum Gasteiger partial charge on any atom is 0.130 e. The van der Waals surface area contributed by atoms with Gasteiger partial charge in [-0.25, -0.2) is 0 Å². The summed E-state index contributed by atoms with van der Waals surface area (Å²) in [6.07, 6.45) is 0.952. The predicted molar refractivity (Wildman–Crippen MR) is 75.0 cm³/mol. The minimum absolute atomic E-state index is 0.462. The van der Waals surface area contributed by atoms with Gasteiger partial charge in [-0.15, -0.1) is 0 Å². The number of methoxy groups -OCH3 is 1. The largest absolute Gasteiger partial charge is 0.496 e. The van der Waals surface area contributed by atoms with Crippen LogP contribution in [0.2, 0.25) is 0 Å². The number of benzene rings is 1. The van der Waals surface area contributed by atoms with E-state index in [4.69, 9.17) is 10.5 Å². The molecule has 1 aromatic carbocycles. The lowest BCUT2D eigenvalue weighted by molar-refractivity contribution is 0.419. The quantitative estimate of drug-likeness (QED) is 0.899. The van der Waals surface area contributed by atoms with Crippen molar-refractivity contribution in [2.24, 2.45) is 11.7 Å². The highest BCUT2D eigenvalue weighted by molar-refractivity contribution is 5.87. The van der Waals surface area contributed by atoms with E-state index in [-0.39, 0.29) is 0 Å². The van der Waals surface area contributed by atoms with Crippen molar-refractivity contribution in [2.75, 3.05) is 13.7 Å². The molecular formula is C15H20N2O. The van der Waals surface area contributed by atoms with Crippen LogP contribution in [-0.4, -0.2) is 18.6 Å². The van der Waals surface area contributed by atoms with Crippen molar-refractivity contribution in [1.82, 2.24) is 4.98 Å². The number of fused-ring (bicyclic) bond motifs is 1. The zero-order valence-electron chi connectivity index (χ0n) is 11.2. The summed E-state index contributed by atoms with van der Waals surface area (Å²) in [6, 6.07) is 8.20. The van der Waals surface area contributed by atoms with Crippen molar-refractivity contribution < 1.29 is 4.74 Å². The van der Waals surface area contributed by atoms with Crippen LogP contribution in [-0.2, 0) is 6.42 Å². The second-order valence-corrected chi connectivity index (χ2v) is 4.82. The van der Waals surface area contributed by atoms with Crippen LogP contribution in [0.1, 0.15) is 18.2 Å². The molecule has 1 heterocycles. The minimum atomic E-state index is 0.462. The van der Waals surface area contributed by atoms with E-state index in [0.29, 0.717) is 12.5 Å². The number of pyridine rings is 1. The monoisotopic (exact) mass is 244 g/mol. The summed E-state index contributed by atoms with van der Waals surface area (Å²) < 4.78 is 5.43. The standard InChI is InChI=1S/C15H20N2O/c1-10(9-16)7-12-5-4-6-13-14(18-3)8-11(2)17-15(12)13/h4-6,8,10H,7,9,16H2,1-3H3. The van der Waals surface area contributed by atoms with Crippen molar-refractivity contribution >= 4 is 10.9 Å². The Labute approximate surface area is 108 Å². The third-order valence-electron chi connectivity index (χ3n) is 3.20. The molecule has 1 unspecified atom stereocenters. The average molecular weight is 244 g/mol. The fourth-order valence-corrected chi connectivity index (χ4v) is 2.19. The predicted octanol–water partition coefficient (Wildman–Crippen LogP) is 2.69. The van der Waals surface area contributed by atoms with E-state index < -0.39 is 0 Å². The molecule has 2 rings (SSSR count). The number of aryl methyl sites for hydroxylation is 1. The lowest BCUT2D eigenvalue weighted by atomic mass is 9.98. The molecule has 0 aliphatic carbocycles. The third kappa shape index (κ3) is 2.46. The van der Waals surface area contributed by atoms with Gasteiger partial charge in [-0.05, 0) is 37.4 Å². The molecule has 0 fully saturated rings. The van der Waals surface area contributed by atoms with Crippen LogP contribution >= 0.6 is 0 Å². The molecule has 1 aromatic heterocycles. The molecule has 0 radical (unpaired) electrons. The molecule has 96 valence electrons. The normalized spacial score (nSPS) is 12.7. The van der Waals surface area contributed by atoms with Gasteiger partial charge in [0, 0.05) is 17.1 Å². The van der Waals surface area contributed by atoms with Crippen LogP contribution in [0.25, 0.3) is 10.9 Å². The van der Waals surface area contributed by atoms with Gasteiger partial charge in [0.25, 0.3) is 0 Å². The van der Waals surface area contributed by atoms with Crippen LogP contribution in [0.4, 0.5) is 0 Å². The Morgan fingerprint density at radius 2 is 2.17 bits per heavy atom. The Hall–Kier alpha value is -1.61. The number of ether oxygens (including phenoxy) is 1. The molecule has 0 saturated heterocycles. The fraction of sp³-hybridized carbons (Fsp3) is 0.400. The van der Waals surface area contributed by atoms with Crippen LogP contribution in [0.5, 0.6) is 5.75 Å². The smallest absolute Gasteiger partial charge is 0.130 e. The van der Waals surface area contributed by atoms with Crippen LogP contribution < -0.4 is 10.5 Å². The van der Waals surface area contributed by atoms with Crippen molar-refractivity contribution in [3.63, 3.8) is 0 Å². The Morgan fingerprint density at radius 3 is 2.83 bits per heavy atom. The SMILES string of the molecule is COc1cc(C)nc2c(CC(C)CN)cccc12. The highest BCUT2D eigenvalue weighted by Crippen LogP contribution is 2.28. The van der Waals surface area contributed by atoms with E-state index >= 15 is 0 Å². The summed E-state index contributed by atoms with van der Waals surface area (Å²) in [6.45, 7) is 4.84. The van der Waals surface area contributed by atoms with Gasteiger partial charge in [0.05, 0.1) is 12.6 Å². The van der Waals surface area contributed by atoms with Crippen molar-refractivity contribution in [3.8, 4) is 5.75 Å². The number of rotatable bonds is 4. The number of aromatic nitrogens is 1. The van der Waals surface area contributed by atoms with Gasteiger partial charge in [0.1, 0.15) is 5.75 Å². The first-order valence-corrected chi connectivity index (χ1v) is 6.29. The molecule has 0 bridgehead atoms. The van der Waals surface area contributed by atoms with Crippen LogP contribution in [0, 0.1) is 12.8 Å². The van der Waals surface area contributed by atoms with E-state index in [1.165, 1.54) is 5.56 Å². The summed E-state index contributed by atoms with van der Waals surface area (Å²) in [7, 11) is 1.70. The highest BCUT2D eigenvalue weighted by atomic mass is 16.5. The van der Waals surface area contributed by atoms with Gasteiger partial charge < -0.3 is 10.5 Å². The van der Waals surface area contributed by atoms with E-state index in [9.17, 15) is 0 Å². The summed E-state index contributed by atoms with van der Waals surface area (Å²) in [5.41, 5.74) is 8.96. The molecule has 1 atom stereocenters. The van der Waals surface area contributed by atoms with Gasteiger partial charge in [-0.1, -0.05) is 19.1 Å². The molecule has 2 aromatic rings. The van der Waals surface area contributed by atoms with Gasteiger partial charge >= 0.3 is 0 Å². The molecule has 0 aliphatic rings. The zero-order valence-corrected chi connectivity index (χ0v) is 11.2. The third-order valence-corrected chi connectivity index (χ3v) is 3.20. The first-order chi connectivity index (χ1) is 8.65. The van der Waals surface area contributed by atoms with Gasteiger partial charge in [-0.3, -0.25) is 4.98 Å². The maximum atomic E-state index is 5.70. The molecule has 18 heavy (non-hydrogen) atoms. The molecule has 3 nitrogen and oxygen atoms in total. The topological polar surface area (TPSA) is 48.1 Å². The summed E-state index contributed by atoms with van der Waals surface area (Å²) in [4.78, 5) is 4.65. The summed E-state index contributed by atoms with van der Waals surface area (Å²) in [5.74, 6) is 1.35. The molecule has 3 heteroatoms. The first-order valence-electron chi connectivity index (χ1n) is 6.29. The lowest BCUT2D eigenvalue weighted by Crippen LogP contribution is -2.13. The number of nitrogens with zero attached hydrogens (tertiary/aromatic N) is 1. The molecular weight excluding hydrogens is 224 g/mol. The Balaban J connectivity index is 2.57. The van der Waals surface area contributed by atoms with E-state index in [1.54, 1.807) is 7.11 Å². The maximum absolute atomic E-state index is 5.70. The van der Waals surface area contributed by atoms with Crippen molar-refractivity contribution in [1.29, 1.82) is 0 Å². The lowest BCUT2D eigenvalue weighted by Gasteiger charge is -2.13. The molecule has 0 aliphatic heterocycles. The second-order valence-electron chi connectivity index (χ2n) is 4.82. The summed E-state index contributed by atoms with van der Waals surface area (Å²) >= 11 is 0. The fourth-order valence-electron chi connectivity index (χ4n) is 2.19. The summed E-state index contributed by atoms with van der Waals surface area (Å²) in [5, 5.41) is 1.07.